The molecule has 0 spiro atoms. The molecule has 0 aliphatic heterocycles. The summed E-state index contributed by atoms with van der Waals surface area (Å²) in [4.78, 5) is 11.1. The van der Waals surface area contributed by atoms with E-state index in [0.717, 1.165) is 10.0 Å². The highest BCUT2D eigenvalue weighted by Crippen LogP contribution is 2.16. The minimum Gasteiger partial charge on any atom is -0.279 e. The molecule has 1 aromatic carbocycles. The van der Waals surface area contributed by atoms with Gasteiger partial charge in [0.2, 0.25) is 5.78 Å². The molecular formula is C10H7BrO. The summed E-state index contributed by atoms with van der Waals surface area (Å²) in [7, 11) is 0. The number of aryl methyl sites for hydroxylation is 1. The molecule has 0 aromatic heterocycles. The number of ketones is 1. The van der Waals surface area contributed by atoms with Crippen LogP contribution in [-0.2, 0) is 0 Å². The molecule has 1 rings (SSSR count). The van der Waals surface area contributed by atoms with Gasteiger partial charge in [-0.25, -0.2) is 0 Å². The fourth-order valence-electron chi connectivity index (χ4n) is 0.917. The Labute approximate surface area is 79.9 Å². The van der Waals surface area contributed by atoms with Crippen LogP contribution in [0, 0.1) is 19.3 Å². The van der Waals surface area contributed by atoms with Crippen molar-refractivity contribution in [1.82, 2.24) is 0 Å². The van der Waals surface area contributed by atoms with E-state index >= 15 is 0 Å². The second-order valence-electron chi connectivity index (χ2n) is 2.43. The molecule has 2 heteroatoms. The SMILES string of the molecule is C#CC(=O)c1cc(Br)ccc1C. The minimum atomic E-state index is -0.270. The molecule has 0 saturated heterocycles. The van der Waals surface area contributed by atoms with E-state index in [4.69, 9.17) is 6.42 Å². The van der Waals surface area contributed by atoms with E-state index in [-0.39, 0.29) is 5.78 Å². The van der Waals surface area contributed by atoms with Crippen LogP contribution in [0.1, 0.15) is 15.9 Å². The summed E-state index contributed by atoms with van der Waals surface area (Å²) in [6.07, 6.45) is 5.01. The Bertz CT molecular complexity index is 361. The molecule has 0 N–H and O–H groups in total. The van der Waals surface area contributed by atoms with Gasteiger partial charge in [-0.15, -0.1) is 6.42 Å². The highest BCUT2D eigenvalue weighted by Gasteiger charge is 2.05. The predicted molar refractivity (Wildman–Crippen MR) is 52.0 cm³/mol. The normalized spacial score (nSPS) is 9.08. The maximum absolute atomic E-state index is 11.1. The van der Waals surface area contributed by atoms with Crippen LogP contribution in [0.4, 0.5) is 0 Å². The summed E-state index contributed by atoms with van der Waals surface area (Å²) < 4.78 is 0.867. The van der Waals surface area contributed by atoms with Crippen LogP contribution in [-0.4, -0.2) is 5.78 Å². The molecule has 12 heavy (non-hydrogen) atoms. The van der Waals surface area contributed by atoms with Gasteiger partial charge in [0.1, 0.15) is 0 Å². The van der Waals surface area contributed by atoms with E-state index in [1.54, 1.807) is 6.07 Å². The van der Waals surface area contributed by atoms with Crippen molar-refractivity contribution in [3.05, 3.63) is 33.8 Å². The number of hydrogen-bond acceptors (Lipinski definition) is 1. The number of hydrogen-bond donors (Lipinski definition) is 0. The molecule has 0 saturated carbocycles. The Kier molecular flexibility index (Phi) is 2.67. The smallest absolute Gasteiger partial charge is 0.235 e. The first-order valence-corrected chi connectivity index (χ1v) is 4.21. The van der Waals surface area contributed by atoms with Crippen LogP contribution in [0.3, 0.4) is 0 Å². The Morgan fingerprint density at radius 1 is 1.58 bits per heavy atom. The average molecular weight is 223 g/mol. The molecule has 0 radical (unpaired) electrons. The van der Waals surface area contributed by atoms with Gasteiger partial charge in [-0.1, -0.05) is 22.0 Å². The first-order valence-electron chi connectivity index (χ1n) is 3.42. The lowest BCUT2D eigenvalue weighted by Gasteiger charge is -2.00. The molecule has 0 bridgehead atoms. The summed E-state index contributed by atoms with van der Waals surface area (Å²) in [5.41, 5.74) is 1.49. The second-order valence-corrected chi connectivity index (χ2v) is 3.35. The number of carbonyl (C=O) groups excluding carboxylic acids is 1. The highest BCUT2D eigenvalue weighted by atomic mass is 79.9. The Balaban J connectivity index is 3.25. The second kappa shape index (κ2) is 3.55. The number of carbonyl (C=O) groups is 1. The van der Waals surface area contributed by atoms with Crippen LogP contribution >= 0.6 is 15.9 Å². The Morgan fingerprint density at radius 2 is 2.25 bits per heavy atom. The van der Waals surface area contributed by atoms with E-state index in [1.807, 2.05) is 19.1 Å². The molecule has 0 heterocycles. The Morgan fingerprint density at radius 3 is 2.83 bits per heavy atom. The number of benzene rings is 1. The van der Waals surface area contributed by atoms with Crippen LogP contribution in [0.5, 0.6) is 0 Å². The van der Waals surface area contributed by atoms with Crippen LogP contribution in [0.25, 0.3) is 0 Å². The third kappa shape index (κ3) is 1.75. The zero-order valence-electron chi connectivity index (χ0n) is 6.60. The van der Waals surface area contributed by atoms with Crippen molar-refractivity contribution in [3.8, 4) is 12.3 Å². The Hall–Kier alpha value is -1.07. The van der Waals surface area contributed by atoms with E-state index < -0.39 is 0 Å². The first kappa shape index (κ1) is 9.02. The van der Waals surface area contributed by atoms with Crippen molar-refractivity contribution in [2.75, 3.05) is 0 Å². The summed E-state index contributed by atoms with van der Waals surface area (Å²) in [6, 6.07) is 5.47. The lowest BCUT2D eigenvalue weighted by atomic mass is 10.1. The van der Waals surface area contributed by atoms with Crippen molar-refractivity contribution >= 4 is 21.7 Å². The van der Waals surface area contributed by atoms with E-state index in [1.165, 1.54) is 0 Å². The maximum atomic E-state index is 11.1. The number of Topliss-reactive ketones (excluding diaryl/α,β-unsaturated/α-hetero) is 1. The topological polar surface area (TPSA) is 17.1 Å². The minimum absolute atomic E-state index is 0.270. The fraction of sp³-hybridized carbons (Fsp3) is 0.100. The molecule has 0 aliphatic carbocycles. The van der Waals surface area contributed by atoms with Gasteiger partial charge < -0.3 is 0 Å². The van der Waals surface area contributed by atoms with Gasteiger partial charge in [-0.05, 0) is 30.5 Å². The quantitative estimate of drug-likeness (QED) is 0.406. The van der Waals surface area contributed by atoms with E-state index in [0.29, 0.717) is 5.56 Å². The molecule has 0 fully saturated rings. The zero-order valence-corrected chi connectivity index (χ0v) is 8.18. The summed E-state index contributed by atoms with van der Waals surface area (Å²) >= 11 is 3.27. The molecule has 0 atom stereocenters. The van der Waals surface area contributed by atoms with Crippen molar-refractivity contribution in [1.29, 1.82) is 0 Å². The van der Waals surface area contributed by atoms with Gasteiger partial charge in [0.15, 0.2) is 0 Å². The lowest BCUT2D eigenvalue weighted by molar-refractivity contribution is 0.105. The van der Waals surface area contributed by atoms with E-state index in [9.17, 15) is 4.79 Å². The van der Waals surface area contributed by atoms with Gasteiger partial charge in [-0.2, -0.15) is 0 Å². The summed E-state index contributed by atoms with van der Waals surface area (Å²) in [6.45, 7) is 1.86. The third-order valence-electron chi connectivity index (χ3n) is 1.58. The van der Waals surface area contributed by atoms with Crippen LogP contribution in [0.15, 0.2) is 22.7 Å². The predicted octanol–water partition coefficient (Wildman–Crippen LogP) is 2.57. The summed E-state index contributed by atoms with van der Waals surface area (Å²) in [5.74, 6) is 1.82. The maximum Gasteiger partial charge on any atom is 0.235 e. The molecule has 0 unspecified atom stereocenters. The lowest BCUT2D eigenvalue weighted by Crippen LogP contribution is -1.97. The molecular weight excluding hydrogens is 216 g/mol. The number of halogens is 1. The first-order chi connectivity index (χ1) is 5.65. The van der Waals surface area contributed by atoms with Crippen molar-refractivity contribution < 1.29 is 4.79 Å². The van der Waals surface area contributed by atoms with Gasteiger partial charge in [-0.3, -0.25) is 4.79 Å². The molecule has 1 nitrogen and oxygen atoms in total. The molecule has 0 aliphatic rings. The van der Waals surface area contributed by atoms with Crippen molar-refractivity contribution in [2.45, 2.75) is 6.92 Å². The zero-order chi connectivity index (χ0) is 9.14. The van der Waals surface area contributed by atoms with Gasteiger partial charge in [0.05, 0.1) is 0 Å². The van der Waals surface area contributed by atoms with Crippen molar-refractivity contribution in [2.24, 2.45) is 0 Å². The fourth-order valence-corrected chi connectivity index (χ4v) is 1.28. The third-order valence-corrected chi connectivity index (χ3v) is 2.07. The summed E-state index contributed by atoms with van der Waals surface area (Å²) in [5, 5.41) is 0. The monoisotopic (exact) mass is 222 g/mol. The average Bonchev–Trinajstić information content (AvgIpc) is 2.08. The van der Waals surface area contributed by atoms with Gasteiger partial charge in [0.25, 0.3) is 0 Å². The van der Waals surface area contributed by atoms with Crippen LogP contribution in [0.2, 0.25) is 0 Å². The van der Waals surface area contributed by atoms with Crippen molar-refractivity contribution in [3.63, 3.8) is 0 Å². The molecule has 1 aromatic rings. The van der Waals surface area contributed by atoms with E-state index in [2.05, 4.69) is 21.9 Å². The van der Waals surface area contributed by atoms with Crippen LogP contribution < -0.4 is 0 Å². The highest BCUT2D eigenvalue weighted by molar-refractivity contribution is 9.10. The molecule has 60 valence electrons. The standard InChI is InChI=1S/C10H7BrO/c1-3-10(12)9-6-8(11)5-4-7(9)2/h1,4-6H,2H3. The largest absolute Gasteiger partial charge is 0.279 e. The van der Waals surface area contributed by atoms with Gasteiger partial charge >= 0.3 is 0 Å². The molecule has 0 amide bonds. The number of rotatable bonds is 1. The number of terminal acetylenes is 1. The van der Waals surface area contributed by atoms with Gasteiger partial charge in [0, 0.05) is 10.0 Å².